The van der Waals surface area contributed by atoms with Crippen LogP contribution < -0.4 is 10.1 Å². The molecule has 0 saturated carbocycles. The standard InChI is InChI=1S/C18H23BrN2O/c1-12(2)17(18-13(3)6-5-9-20-18)21-11-14-10-15(19)7-8-16(14)22-4/h5-10,12,17,21H,11H2,1-4H3. The van der Waals surface area contributed by atoms with Crippen LogP contribution in [-0.2, 0) is 6.54 Å². The summed E-state index contributed by atoms with van der Waals surface area (Å²) < 4.78 is 6.50. The maximum atomic E-state index is 5.45. The summed E-state index contributed by atoms with van der Waals surface area (Å²) in [5.41, 5.74) is 3.47. The van der Waals surface area contributed by atoms with Crippen LogP contribution in [0.2, 0.25) is 0 Å². The van der Waals surface area contributed by atoms with Gasteiger partial charge in [0.05, 0.1) is 18.8 Å². The first kappa shape index (κ1) is 17.0. The number of aryl methyl sites for hydroxylation is 1. The number of halogens is 1. The molecule has 4 heteroatoms. The molecule has 0 bridgehead atoms. The number of nitrogens with zero attached hydrogens (tertiary/aromatic N) is 1. The van der Waals surface area contributed by atoms with E-state index in [2.05, 4.69) is 59.1 Å². The molecule has 22 heavy (non-hydrogen) atoms. The highest BCUT2D eigenvalue weighted by molar-refractivity contribution is 9.10. The fraction of sp³-hybridized carbons (Fsp3) is 0.389. The van der Waals surface area contributed by atoms with Gasteiger partial charge in [0.15, 0.2) is 0 Å². The molecule has 2 rings (SSSR count). The maximum absolute atomic E-state index is 5.45. The molecule has 2 aromatic rings. The van der Waals surface area contributed by atoms with Crippen molar-refractivity contribution in [3.05, 3.63) is 57.8 Å². The van der Waals surface area contributed by atoms with Crippen molar-refractivity contribution in [2.75, 3.05) is 7.11 Å². The summed E-state index contributed by atoms with van der Waals surface area (Å²) in [6, 6.07) is 10.4. The first-order chi connectivity index (χ1) is 10.5. The number of benzene rings is 1. The molecule has 1 aromatic heterocycles. The van der Waals surface area contributed by atoms with Crippen molar-refractivity contribution in [3.63, 3.8) is 0 Å². The van der Waals surface area contributed by atoms with E-state index < -0.39 is 0 Å². The van der Waals surface area contributed by atoms with Gasteiger partial charge in [0, 0.05) is 22.8 Å². The van der Waals surface area contributed by atoms with Crippen molar-refractivity contribution >= 4 is 15.9 Å². The molecule has 1 aromatic carbocycles. The molecule has 0 aliphatic heterocycles. The van der Waals surface area contributed by atoms with Gasteiger partial charge in [-0.25, -0.2) is 0 Å². The van der Waals surface area contributed by atoms with Gasteiger partial charge >= 0.3 is 0 Å². The lowest BCUT2D eigenvalue weighted by molar-refractivity contribution is 0.383. The number of aromatic nitrogens is 1. The highest BCUT2D eigenvalue weighted by atomic mass is 79.9. The first-order valence-corrected chi connectivity index (χ1v) is 8.29. The molecule has 1 atom stereocenters. The molecule has 1 unspecified atom stereocenters. The van der Waals surface area contributed by atoms with E-state index in [0.717, 1.165) is 28.0 Å². The molecule has 0 aliphatic carbocycles. The summed E-state index contributed by atoms with van der Waals surface area (Å²) >= 11 is 3.52. The Morgan fingerprint density at radius 1 is 1.27 bits per heavy atom. The van der Waals surface area contributed by atoms with Crippen LogP contribution in [0.1, 0.15) is 36.7 Å². The van der Waals surface area contributed by atoms with Crippen molar-refractivity contribution in [2.24, 2.45) is 5.92 Å². The van der Waals surface area contributed by atoms with E-state index >= 15 is 0 Å². The number of pyridine rings is 1. The third-order valence-electron chi connectivity index (χ3n) is 3.77. The molecule has 3 nitrogen and oxygen atoms in total. The van der Waals surface area contributed by atoms with Gasteiger partial charge in [0.1, 0.15) is 5.75 Å². The summed E-state index contributed by atoms with van der Waals surface area (Å²) in [7, 11) is 1.70. The predicted molar refractivity (Wildman–Crippen MR) is 94.1 cm³/mol. The fourth-order valence-corrected chi connectivity index (χ4v) is 2.99. The lowest BCUT2D eigenvalue weighted by Crippen LogP contribution is -2.27. The van der Waals surface area contributed by atoms with Gasteiger partial charge in [-0.15, -0.1) is 0 Å². The van der Waals surface area contributed by atoms with Crippen molar-refractivity contribution in [1.29, 1.82) is 0 Å². The minimum absolute atomic E-state index is 0.213. The normalized spacial score (nSPS) is 12.5. The Morgan fingerprint density at radius 3 is 2.68 bits per heavy atom. The Hall–Kier alpha value is -1.39. The number of hydrogen-bond donors (Lipinski definition) is 1. The minimum Gasteiger partial charge on any atom is -0.496 e. The smallest absolute Gasteiger partial charge is 0.123 e. The van der Waals surface area contributed by atoms with Crippen LogP contribution in [0.15, 0.2) is 41.0 Å². The lowest BCUT2D eigenvalue weighted by Gasteiger charge is -2.24. The van der Waals surface area contributed by atoms with Crippen molar-refractivity contribution < 1.29 is 4.74 Å². The summed E-state index contributed by atoms with van der Waals surface area (Å²) in [5, 5.41) is 3.63. The monoisotopic (exact) mass is 362 g/mol. The van der Waals surface area contributed by atoms with Crippen molar-refractivity contribution in [1.82, 2.24) is 10.3 Å². The molecule has 0 amide bonds. The highest BCUT2D eigenvalue weighted by Crippen LogP contribution is 2.26. The summed E-state index contributed by atoms with van der Waals surface area (Å²) in [6.07, 6.45) is 1.86. The molecule has 0 spiro atoms. The summed E-state index contributed by atoms with van der Waals surface area (Å²) in [5.74, 6) is 1.35. The van der Waals surface area contributed by atoms with Crippen LogP contribution in [0, 0.1) is 12.8 Å². The number of rotatable bonds is 6. The number of hydrogen-bond acceptors (Lipinski definition) is 3. The third-order valence-corrected chi connectivity index (χ3v) is 4.26. The van der Waals surface area contributed by atoms with Crippen molar-refractivity contribution in [2.45, 2.75) is 33.4 Å². The minimum atomic E-state index is 0.213. The van der Waals surface area contributed by atoms with Gasteiger partial charge in [-0.3, -0.25) is 4.98 Å². The van der Waals surface area contributed by atoms with E-state index in [1.165, 1.54) is 5.56 Å². The predicted octanol–water partition coefficient (Wildman–Crippen LogP) is 4.65. The largest absolute Gasteiger partial charge is 0.496 e. The van der Waals surface area contributed by atoms with Crippen LogP contribution in [-0.4, -0.2) is 12.1 Å². The molecular formula is C18H23BrN2O. The third kappa shape index (κ3) is 4.08. The quantitative estimate of drug-likeness (QED) is 0.811. The van der Waals surface area contributed by atoms with E-state index in [1.807, 2.05) is 24.4 Å². The molecular weight excluding hydrogens is 340 g/mol. The molecule has 0 radical (unpaired) electrons. The van der Waals surface area contributed by atoms with E-state index in [0.29, 0.717) is 5.92 Å². The van der Waals surface area contributed by atoms with E-state index in [1.54, 1.807) is 7.11 Å². The summed E-state index contributed by atoms with van der Waals surface area (Å²) in [4.78, 5) is 4.57. The van der Waals surface area contributed by atoms with Gasteiger partial charge in [-0.2, -0.15) is 0 Å². The van der Waals surface area contributed by atoms with Crippen LogP contribution in [0.25, 0.3) is 0 Å². The Morgan fingerprint density at radius 2 is 2.05 bits per heavy atom. The Bertz CT molecular complexity index is 628. The zero-order valence-corrected chi connectivity index (χ0v) is 15.1. The molecule has 0 saturated heterocycles. The van der Waals surface area contributed by atoms with Crippen LogP contribution >= 0.6 is 15.9 Å². The number of ether oxygens (including phenoxy) is 1. The van der Waals surface area contributed by atoms with Gasteiger partial charge in [-0.1, -0.05) is 35.8 Å². The Kier molecular flexibility index (Phi) is 5.98. The van der Waals surface area contributed by atoms with Crippen molar-refractivity contribution in [3.8, 4) is 5.75 Å². The maximum Gasteiger partial charge on any atom is 0.123 e. The number of nitrogens with one attached hydrogen (secondary N) is 1. The van der Waals surface area contributed by atoms with E-state index in [-0.39, 0.29) is 6.04 Å². The second-order valence-corrected chi connectivity index (χ2v) is 6.68. The molecule has 0 fully saturated rings. The van der Waals surface area contributed by atoms with Gasteiger partial charge in [0.2, 0.25) is 0 Å². The Balaban J connectivity index is 2.20. The van der Waals surface area contributed by atoms with Crippen LogP contribution in [0.5, 0.6) is 5.75 Å². The van der Waals surface area contributed by atoms with Gasteiger partial charge < -0.3 is 10.1 Å². The summed E-state index contributed by atoms with van der Waals surface area (Å²) in [6.45, 7) is 7.27. The van der Waals surface area contributed by atoms with E-state index in [9.17, 15) is 0 Å². The zero-order chi connectivity index (χ0) is 16.1. The molecule has 1 N–H and O–H groups in total. The second kappa shape index (κ2) is 7.75. The average Bonchev–Trinajstić information content (AvgIpc) is 2.49. The second-order valence-electron chi connectivity index (χ2n) is 5.76. The van der Waals surface area contributed by atoms with E-state index in [4.69, 9.17) is 4.74 Å². The van der Waals surface area contributed by atoms with Gasteiger partial charge in [0.25, 0.3) is 0 Å². The average molecular weight is 363 g/mol. The van der Waals surface area contributed by atoms with Crippen LogP contribution in [0.4, 0.5) is 0 Å². The molecule has 1 heterocycles. The SMILES string of the molecule is COc1ccc(Br)cc1CNC(c1ncccc1C)C(C)C. The molecule has 0 aliphatic rings. The van der Waals surface area contributed by atoms with Crippen LogP contribution in [0.3, 0.4) is 0 Å². The first-order valence-electron chi connectivity index (χ1n) is 7.50. The lowest BCUT2D eigenvalue weighted by atomic mass is 9.97. The highest BCUT2D eigenvalue weighted by Gasteiger charge is 2.19. The van der Waals surface area contributed by atoms with Gasteiger partial charge in [-0.05, 0) is 42.7 Å². The number of methoxy groups -OCH3 is 1. The zero-order valence-electron chi connectivity index (χ0n) is 13.6. The topological polar surface area (TPSA) is 34.1 Å². The Labute approximate surface area is 141 Å². The molecule has 118 valence electrons. The fourth-order valence-electron chi connectivity index (χ4n) is 2.58.